The summed E-state index contributed by atoms with van der Waals surface area (Å²) < 4.78 is 5.79. The van der Waals surface area contributed by atoms with E-state index in [1.165, 1.54) is 11.1 Å². The van der Waals surface area contributed by atoms with Crippen LogP contribution >= 0.6 is 0 Å². The maximum absolute atomic E-state index is 13.3. The number of aromatic nitrogens is 1. The van der Waals surface area contributed by atoms with Gasteiger partial charge in [0.25, 0.3) is 0 Å². The molecular formula is C28H29N5O4. The zero-order chi connectivity index (χ0) is 26.2. The molecule has 1 fully saturated rings. The number of carbonyl (C=O) groups excluding carboxylic acids is 2. The molecule has 3 aromatic rings. The van der Waals surface area contributed by atoms with Crippen molar-refractivity contribution < 1.29 is 19.4 Å². The van der Waals surface area contributed by atoms with Gasteiger partial charge in [0.2, 0.25) is 11.8 Å². The molecule has 1 aromatic heterocycles. The molecule has 0 saturated carbocycles. The first-order valence-corrected chi connectivity index (χ1v) is 12.1. The molecule has 1 aliphatic rings. The second-order valence-electron chi connectivity index (χ2n) is 8.95. The molecule has 2 aromatic carbocycles. The number of rotatable bonds is 10. The van der Waals surface area contributed by atoms with Crippen molar-refractivity contribution in [3.63, 3.8) is 0 Å². The van der Waals surface area contributed by atoms with Gasteiger partial charge in [-0.2, -0.15) is 5.26 Å². The standard InChI is InChI=1S/C28H29N5O4/c1-19(21-9-7-20(13-29)8-10-21)14-31-27(22-5-3-2-4-6-22)28(36)32-25-12-11-23(15-30-25)37-24-16-33(17-24)26(35)18-34/h2-12,15,19,24,27,31,34H,14,16-18H2,1H3,(H,30,32,36)/t19-,27?/m1/s1. The molecule has 0 bridgehead atoms. The van der Waals surface area contributed by atoms with Gasteiger partial charge in [-0.3, -0.25) is 9.59 Å². The zero-order valence-electron chi connectivity index (χ0n) is 20.5. The highest BCUT2D eigenvalue weighted by Crippen LogP contribution is 2.21. The number of carbonyl (C=O) groups is 2. The van der Waals surface area contributed by atoms with E-state index >= 15 is 0 Å². The highest BCUT2D eigenvalue weighted by molar-refractivity contribution is 5.94. The Labute approximate surface area is 215 Å². The quantitative estimate of drug-likeness (QED) is 0.391. The minimum absolute atomic E-state index is 0.122. The number of amides is 2. The molecule has 1 unspecified atom stereocenters. The summed E-state index contributed by atoms with van der Waals surface area (Å²) >= 11 is 0. The van der Waals surface area contributed by atoms with E-state index in [4.69, 9.17) is 15.1 Å². The SMILES string of the molecule is C[C@H](CNC(C(=O)Nc1ccc(OC2CN(C(=O)CO)C2)cn1)c1ccccc1)c1ccc(C#N)cc1. The number of nitriles is 1. The third kappa shape index (κ3) is 6.70. The van der Waals surface area contributed by atoms with Crippen molar-refractivity contribution in [3.05, 3.63) is 89.6 Å². The molecule has 1 aliphatic heterocycles. The monoisotopic (exact) mass is 499 g/mol. The molecule has 37 heavy (non-hydrogen) atoms. The van der Waals surface area contributed by atoms with Gasteiger partial charge in [-0.25, -0.2) is 4.98 Å². The number of pyridine rings is 1. The first kappa shape index (κ1) is 25.8. The topological polar surface area (TPSA) is 128 Å². The average molecular weight is 500 g/mol. The Morgan fingerprint density at radius 2 is 1.84 bits per heavy atom. The average Bonchev–Trinajstić information content (AvgIpc) is 2.91. The van der Waals surface area contributed by atoms with Gasteiger partial charge in [0, 0.05) is 6.54 Å². The van der Waals surface area contributed by atoms with Crippen molar-refractivity contribution in [2.75, 3.05) is 31.6 Å². The Kier molecular flexibility index (Phi) is 8.46. The molecule has 9 heteroatoms. The Morgan fingerprint density at radius 1 is 1.11 bits per heavy atom. The van der Waals surface area contributed by atoms with E-state index in [1.807, 2.05) is 42.5 Å². The van der Waals surface area contributed by atoms with E-state index < -0.39 is 12.6 Å². The second kappa shape index (κ2) is 12.1. The van der Waals surface area contributed by atoms with Crippen LogP contribution in [0.2, 0.25) is 0 Å². The highest BCUT2D eigenvalue weighted by atomic mass is 16.5. The number of anilines is 1. The third-order valence-corrected chi connectivity index (χ3v) is 6.26. The molecule has 1 saturated heterocycles. The summed E-state index contributed by atoms with van der Waals surface area (Å²) in [7, 11) is 0. The number of likely N-dealkylation sites (tertiary alicyclic amines) is 1. The van der Waals surface area contributed by atoms with Crippen LogP contribution in [-0.2, 0) is 9.59 Å². The molecule has 2 amide bonds. The Balaban J connectivity index is 1.36. The van der Waals surface area contributed by atoms with Gasteiger partial charge in [-0.15, -0.1) is 0 Å². The maximum Gasteiger partial charge on any atom is 0.248 e. The van der Waals surface area contributed by atoms with Gasteiger partial charge in [-0.1, -0.05) is 49.4 Å². The number of aliphatic hydroxyl groups excluding tert-OH is 1. The van der Waals surface area contributed by atoms with Crippen LogP contribution < -0.4 is 15.4 Å². The van der Waals surface area contributed by atoms with E-state index in [9.17, 15) is 9.59 Å². The van der Waals surface area contributed by atoms with E-state index in [0.717, 1.165) is 11.1 Å². The van der Waals surface area contributed by atoms with Crippen LogP contribution in [0.1, 0.15) is 35.6 Å². The first-order chi connectivity index (χ1) is 18.0. The van der Waals surface area contributed by atoms with Crippen LogP contribution in [0.3, 0.4) is 0 Å². The molecule has 190 valence electrons. The molecule has 0 spiro atoms. The van der Waals surface area contributed by atoms with Gasteiger partial charge in [0.05, 0.1) is 30.9 Å². The van der Waals surface area contributed by atoms with Crippen LogP contribution in [0.25, 0.3) is 0 Å². The van der Waals surface area contributed by atoms with Crippen molar-refractivity contribution in [1.29, 1.82) is 5.26 Å². The van der Waals surface area contributed by atoms with Crippen LogP contribution in [0, 0.1) is 11.3 Å². The molecule has 4 rings (SSSR count). The lowest BCUT2D eigenvalue weighted by molar-refractivity contribution is -0.143. The van der Waals surface area contributed by atoms with E-state index in [1.54, 1.807) is 24.3 Å². The summed E-state index contributed by atoms with van der Waals surface area (Å²) in [6.07, 6.45) is 1.38. The Morgan fingerprint density at radius 3 is 2.46 bits per heavy atom. The Bertz CT molecular complexity index is 1240. The molecular weight excluding hydrogens is 470 g/mol. The van der Waals surface area contributed by atoms with Crippen LogP contribution in [0.5, 0.6) is 5.75 Å². The van der Waals surface area contributed by atoms with Gasteiger partial charge in [0.15, 0.2) is 0 Å². The van der Waals surface area contributed by atoms with E-state index in [-0.39, 0.29) is 23.8 Å². The minimum Gasteiger partial charge on any atom is -0.485 e. The van der Waals surface area contributed by atoms with Crippen LogP contribution in [0.4, 0.5) is 5.82 Å². The van der Waals surface area contributed by atoms with Crippen molar-refractivity contribution in [1.82, 2.24) is 15.2 Å². The number of hydrogen-bond donors (Lipinski definition) is 3. The number of nitrogens with one attached hydrogen (secondary N) is 2. The lowest BCUT2D eigenvalue weighted by Crippen LogP contribution is -2.56. The molecule has 9 nitrogen and oxygen atoms in total. The van der Waals surface area contributed by atoms with E-state index in [0.29, 0.717) is 36.8 Å². The number of aliphatic hydroxyl groups is 1. The Hall–Kier alpha value is -4.26. The number of benzene rings is 2. The van der Waals surface area contributed by atoms with Crippen molar-refractivity contribution in [2.24, 2.45) is 0 Å². The maximum atomic E-state index is 13.3. The normalized spacial score (nSPS) is 14.7. The fourth-order valence-electron chi connectivity index (χ4n) is 4.04. The van der Waals surface area contributed by atoms with Crippen LogP contribution in [-0.4, -0.2) is 59.1 Å². The predicted octanol–water partition coefficient (Wildman–Crippen LogP) is 2.61. The highest BCUT2D eigenvalue weighted by Gasteiger charge is 2.31. The lowest BCUT2D eigenvalue weighted by atomic mass is 9.98. The van der Waals surface area contributed by atoms with Gasteiger partial charge in [0.1, 0.15) is 30.3 Å². The lowest BCUT2D eigenvalue weighted by Gasteiger charge is -2.38. The summed E-state index contributed by atoms with van der Waals surface area (Å²) in [5.74, 6) is 0.496. The second-order valence-corrected chi connectivity index (χ2v) is 8.95. The molecule has 3 N–H and O–H groups in total. The fourth-order valence-corrected chi connectivity index (χ4v) is 4.04. The summed E-state index contributed by atoms with van der Waals surface area (Å²) in [6.45, 7) is 2.95. The van der Waals surface area contributed by atoms with Gasteiger partial charge < -0.3 is 25.4 Å². The summed E-state index contributed by atoms with van der Waals surface area (Å²) in [4.78, 5) is 30.5. The van der Waals surface area contributed by atoms with Crippen molar-refractivity contribution >= 4 is 17.6 Å². The molecule has 0 radical (unpaired) electrons. The first-order valence-electron chi connectivity index (χ1n) is 12.1. The minimum atomic E-state index is -0.593. The molecule has 2 atom stereocenters. The van der Waals surface area contributed by atoms with E-state index in [2.05, 4.69) is 28.6 Å². The van der Waals surface area contributed by atoms with Gasteiger partial charge in [-0.05, 0) is 41.3 Å². The van der Waals surface area contributed by atoms with Crippen molar-refractivity contribution in [3.8, 4) is 11.8 Å². The number of hydrogen-bond acceptors (Lipinski definition) is 7. The smallest absolute Gasteiger partial charge is 0.248 e. The number of nitrogens with zero attached hydrogens (tertiary/aromatic N) is 3. The number of ether oxygens (including phenoxy) is 1. The summed E-state index contributed by atoms with van der Waals surface area (Å²) in [5.41, 5.74) is 2.52. The fraction of sp³-hybridized carbons (Fsp3) is 0.286. The van der Waals surface area contributed by atoms with Crippen molar-refractivity contribution in [2.45, 2.75) is 25.0 Å². The van der Waals surface area contributed by atoms with Crippen LogP contribution in [0.15, 0.2) is 72.9 Å². The molecule has 0 aliphatic carbocycles. The zero-order valence-corrected chi connectivity index (χ0v) is 20.5. The summed E-state index contributed by atoms with van der Waals surface area (Å²) in [5, 5.41) is 24.2. The summed E-state index contributed by atoms with van der Waals surface area (Å²) in [6, 6.07) is 21.9. The third-order valence-electron chi connectivity index (χ3n) is 6.26. The predicted molar refractivity (Wildman–Crippen MR) is 138 cm³/mol. The molecule has 2 heterocycles. The largest absolute Gasteiger partial charge is 0.485 e. The van der Waals surface area contributed by atoms with Gasteiger partial charge >= 0.3 is 0 Å².